The third-order valence-electron chi connectivity index (χ3n) is 9.38. The van der Waals surface area contributed by atoms with Crippen molar-refractivity contribution in [3.63, 3.8) is 0 Å². The summed E-state index contributed by atoms with van der Waals surface area (Å²) >= 11 is 2.30. The van der Waals surface area contributed by atoms with Gasteiger partial charge in [0.05, 0.1) is 17.3 Å². The number of hydrogen-bond acceptors (Lipinski definition) is 6. The molecule has 1 heterocycles. The second-order valence-corrected chi connectivity index (χ2v) is 15.3. The molecule has 0 amide bonds. The Kier molecular flexibility index (Phi) is 8.63. The Hall–Kier alpha value is -3.17. The average molecular weight is 720 g/mol. The molecule has 236 valence electrons. The number of benzene rings is 3. The number of nitrogens with zero attached hydrogens (tertiary/aromatic N) is 1. The van der Waals surface area contributed by atoms with E-state index in [2.05, 4.69) is 85.5 Å². The third kappa shape index (κ3) is 6.06. The fraction of sp³-hybridized carbons (Fsp3) is 0.421. The number of fused-ring (bicyclic) bond motifs is 1. The first-order valence-corrected chi connectivity index (χ1v) is 16.8. The maximum Gasteiger partial charge on any atom is 0.174 e. The van der Waals surface area contributed by atoms with Crippen LogP contribution in [0.3, 0.4) is 0 Å². The number of carbonyl (C=O) groups excluding carboxylic acids is 2. The molecule has 45 heavy (non-hydrogen) atoms. The quantitative estimate of drug-likeness (QED) is 0.218. The summed E-state index contributed by atoms with van der Waals surface area (Å²) in [7, 11) is 3.34. The molecule has 7 heteroatoms. The molecule has 0 bridgehead atoms. The van der Waals surface area contributed by atoms with E-state index in [1.165, 1.54) is 5.39 Å². The van der Waals surface area contributed by atoms with Gasteiger partial charge < -0.3 is 19.1 Å². The molecule has 6 nitrogen and oxygen atoms in total. The van der Waals surface area contributed by atoms with Crippen molar-refractivity contribution in [2.75, 3.05) is 27.4 Å². The largest absolute Gasteiger partial charge is 0.493 e. The number of rotatable bonds is 8. The van der Waals surface area contributed by atoms with Gasteiger partial charge in [0, 0.05) is 55.0 Å². The summed E-state index contributed by atoms with van der Waals surface area (Å²) in [5.41, 5.74) is 5.20. The number of ether oxygens (including phenoxy) is 3. The van der Waals surface area contributed by atoms with Crippen LogP contribution in [0.4, 0.5) is 0 Å². The van der Waals surface area contributed by atoms with Crippen LogP contribution in [0.25, 0.3) is 10.8 Å². The van der Waals surface area contributed by atoms with Crippen LogP contribution in [-0.4, -0.2) is 43.8 Å². The highest BCUT2D eigenvalue weighted by Gasteiger charge is 2.49. The molecule has 0 unspecified atom stereocenters. The summed E-state index contributed by atoms with van der Waals surface area (Å²) in [5.74, 6) is 1.03. The molecule has 0 atom stereocenters. The lowest BCUT2D eigenvalue weighted by Crippen LogP contribution is -2.45. The van der Waals surface area contributed by atoms with Crippen LogP contribution in [0.1, 0.15) is 70.4 Å². The molecule has 0 aromatic heterocycles. The van der Waals surface area contributed by atoms with Gasteiger partial charge in [-0.15, -0.1) is 0 Å². The highest BCUT2D eigenvalue weighted by atomic mass is 127. The lowest BCUT2D eigenvalue weighted by molar-refractivity contribution is -0.119. The van der Waals surface area contributed by atoms with Crippen LogP contribution in [0.15, 0.2) is 77.1 Å². The molecule has 3 aromatic carbocycles. The molecule has 3 aromatic rings. The second-order valence-electron chi connectivity index (χ2n) is 14.1. The van der Waals surface area contributed by atoms with Gasteiger partial charge in [-0.2, -0.15) is 0 Å². The Morgan fingerprint density at radius 2 is 1.47 bits per heavy atom. The van der Waals surface area contributed by atoms with Crippen LogP contribution in [0, 0.1) is 14.4 Å². The van der Waals surface area contributed by atoms with Crippen LogP contribution in [0.5, 0.6) is 11.5 Å². The minimum absolute atomic E-state index is 0.114. The summed E-state index contributed by atoms with van der Waals surface area (Å²) in [6, 6.07) is 18.6. The standard InChI is InChI=1S/C38H42INO5/c1-37(2)18-28-34(30(41)20-37)33(35-29(40(28)14-15-43-5)19-38(3,4)21-31(35)42)25-16-27(39)36(32(17-25)44-6)45-22-24-12-9-11-23-10-7-8-13-26(23)24/h7-13,16-17,33H,14-15,18-22H2,1-6H3. The van der Waals surface area contributed by atoms with Crippen molar-refractivity contribution in [2.45, 2.75) is 65.9 Å². The zero-order valence-electron chi connectivity index (χ0n) is 27.1. The summed E-state index contributed by atoms with van der Waals surface area (Å²) in [6.07, 6.45) is 2.42. The number of halogens is 1. The zero-order chi connectivity index (χ0) is 32.1. The predicted octanol–water partition coefficient (Wildman–Crippen LogP) is 8.36. The SMILES string of the molecule is COCCN1C2=C(C(=O)CC(C)(C)C2)C(c2cc(I)c(OCc3cccc4ccccc34)c(OC)c2)C2=C1CC(C)(C)CC2=O. The Balaban J connectivity index is 1.47. The maximum absolute atomic E-state index is 14.1. The number of carbonyl (C=O) groups is 2. The van der Waals surface area contributed by atoms with E-state index in [1.807, 2.05) is 24.3 Å². The molecular weight excluding hydrogens is 677 g/mol. The lowest BCUT2D eigenvalue weighted by Gasteiger charge is -2.49. The van der Waals surface area contributed by atoms with E-state index in [0.717, 1.165) is 55.5 Å². The molecule has 0 saturated carbocycles. The highest BCUT2D eigenvalue weighted by molar-refractivity contribution is 14.1. The predicted molar refractivity (Wildman–Crippen MR) is 185 cm³/mol. The molecule has 6 rings (SSSR count). The average Bonchev–Trinajstić information content (AvgIpc) is 2.97. The van der Waals surface area contributed by atoms with Crippen molar-refractivity contribution in [2.24, 2.45) is 10.8 Å². The van der Waals surface area contributed by atoms with Crippen molar-refractivity contribution in [3.05, 3.63) is 91.8 Å². The summed E-state index contributed by atoms with van der Waals surface area (Å²) in [4.78, 5) is 30.5. The van der Waals surface area contributed by atoms with Crippen molar-refractivity contribution in [1.82, 2.24) is 4.90 Å². The lowest BCUT2D eigenvalue weighted by atomic mass is 9.63. The third-order valence-corrected chi connectivity index (χ3v) is 10.2. The first-order valence-electron chi connectivity index (χ1n) is 15.7. The van der Waals surface area contributed by atoms with Gasteiger partial charge in [-0.1, -0.05) is 70.2 Å². The monoisotopic (exact) mass is 719 g/mol. The smallest absolute Gasteiger partial charge is 0.174 e. The Labute approximate surface area is 279 Å². The van der Waals surface area contributed by atoms with E-state index in [-0.39, 0.29) is 22.4 Å². The van der Waals surface area contributed by atoms with E-state index in [4.69, 9.17) is 14.2 Å². The van der Waals surface area contributed by atoms with E-state index >= 15 is 0 Å². The highest BCUT2D eigenvalue weighted by Crippen LogP contribution is 2.55. The van der Waals surface area contributed by atoms with Crippen molar-refractivity contribution in [1.29, 1.82) is 0 Å². The van der Waals surface area contributed by atoms with Gasteiger partial charge in [-0.25, -0.2) is 0 Å². The van der Waals surface area contributed by atoms with Gasteiger partial charge >= 0.3 is 0 Å². The number of methoxy groups -OCH3 is 2. The summed E-state index contributed by atoms with van der Waals surface area (Å²) in [5, 5.41) is 2.32. The van der Waals surface area contributed by atoms with Gasteiger partial charge in [-0.05, 0) is 80.3 Å². The second kappa shape index (κ2) is 12.2. The zero-order valence-corrected chi connectivity index (χ0v) is 29.2. The topological polar surface area (TPSA) is 65.1 Å². The normalized spacial score (nSPS) is 19.6. The van der Waals surface area contributed by atoms with Gasteiger partial charge in [0.1, 0.15) is 6.61 Å². The fourth-order valence-corrected chi connectivity index (χ4v) is 8.23. The Bertz CT molecular complexity index is 1690. The number of hydrogen-bond donors (Lipinski definition) is 0. The van der Waals surface area contributed by atoms with Crippen LogP contribution < -0.4 is 9.47 Å². The molecule has 0 spiro atoms. The maximum atomic E-state index is 14.1. The van der Waals surface area contributed by atoms with Gasteiger partial charge in [-0.3, -0.25) is 9.59 Å². The van der Waals surface area contributed by atoms with Crippen LogP contribution in [-0.2, 0) is 20.9 Å². The fourth-order valence-electron chi connectivity index (χ4n) is 7.45. The van der Waals surface area contributed by atoms with E-state index in [1.54, 1.807) is 14.2 Å². The van der Waals surface area contributed by atoms with Gasteiger partial charge in [0.25, 0.3) is 0 Å². The Morgan fingerprint density at radius 3 is 2.09 bits per heavy atom. The van der Waals surface area contributed by atoms with Crippen LogP contribution in [0.2, 0.25) is 0 Å². The van der Waals surface area contributed by atoms with E-state index in [0.29, 0.717) is 44.1 Å². The van der Waals surface area contributed by atoms with Crippen molar-refractivity contribution >= 4 is 44.9 Å². The van der Waals surface area contributed by atoms with Gasteiger partial charge in [0.2, 0.25) is 0 Å². The molecule has 2 aliphatic carbocycles. The first kappa shape index (κ1) is 31.8. The number of ketones is 2. The van der Waals surface area contributed by atoms with Crippen molar-refractivity contribution < 1.29 is 23.8 Å². The number of allylic oxidation sites excluding steroid dienone is 4. The molecule has 3 aliphatic rings. The van der Waals surface area contributed by atoms with Crippen LogP contribution >= 0.6 is 22.6 Å². The molecule has 0 fully saturated rings. The molecule has 1 aliphatic heterocycles. The minimum atomic E-state index is -0.449. The summed E-state index contributed by atoms with van der Waals surface area (Å²) in [6.45, 7) is 10.1. The minimum Gasteiger partial charge on any atom is -0.493 e. The molecule has 0 N–H and O–H groups in total. The molecule has 0 saturated heterocycles. The summed E-state index contributed by atoms with van der Waals surface area (Å²) < 4.78 is 18.8. The van der Waals surface area contributed by atoms with Gasteiger partial charge in [0.15, 0.2) is 23.1 Å². The first-order chi connectivity index (χ1) is 21.4. The van der Waals surface area contributed by atoms with E-state index < -0.39 is 5.92 Å². The number of Topliss-reactive ketones (excluding diaryl/α,β-unsaturated/α-hetero) is 2. The Morgan fingerprint density at radius 1 is 0.844 bits per heavy atom. The van der Waals surface area contributed by atoms with E-state index in [9.17, 15) is 9.59 Å². The molecular formula is C38H42INO5. The molecule has 0 radical (unpaired) electrons. The van der Waals surface area contributed by atoms with Crippen molar-refractivity contribution in [3.8, 4) is 11.5 Å².